The lowest BCUT2D eigenvalue weighted by molar-refractivity contribution is 0.415. The molecule has 0 aliphatic heterocycles. The normalized spacial score (nSPS) is 10.8. The molecule has 0 fully saturated rings. The molecule has 0 radical (unpaired) electrons. The highest BCUT2D eigenvalue weighted by molar-refractivity contribution is 7.15. The van der Waals surface area contributed by atoms with E-state index in [-0.39, 0.29) is 0 Å². The smallest absolute Gasteiger partial charge is 0.143 e. The number of benzene rings is 2. The number of hydrogen-bond donors (Lipinski definition) is 0. The molecule has 4 rings (SSSR count). The first-order chi connectivity index (χ1) is 12.2. The molecule has 0 saturated heterocycles. The van der Waals surface area contributed by atoms with E-state index in [0.717, 1.165) is 38.3 Å². The van der Waals surface area contributed by atoms with E-state index in [1.165, 1.54) is 5.56 Å². The lowest BCUT2D eigenvalue weighted by Gasteiger charge is -2.00. The van der Waals surface area contributed by atoms with Gasteiger partial charge in [-0.1, -0.05) is 29.8 Å². The summed E-state index contributed by atoms with van der Waals surface area (Å²) in [6.45, 7) is 2.09. The first kappa shape index (κ1) is 16.0. The van der Waals surface area contributed by atoms with Gasteiger partial charge in [0, 0.05) is 21.9 Å². The fourth-order valence-corrected chi connectivity index (χ4v) is 4.16. The Morgan fingerprint density at radius 3 is 2.04 bits per heavy atom. The van der Waals surface area contributed by atoms with Gasteiger partial charge >= 0.3 is 0 Å². The van der Waals surface area contributed by atoms with Crippen LogP contribution in [0.5, 0.6) is 5.75 Å². The molecular formula is C20H16N2OS2. The Labute approximate surface area is 154 Å². The van der Waals surface area contributed by atoms with Crippen LogP contribution in [0.25, 0.3) is 32.5 Å². The Morgan fingerprint density at radius 2 is 1.32 bits per heavy atom. The fraction of sp³-hybridized carbons (Fsp3) is 0.100. The molecule has 3 nitrogen and oxygen atoms in total. The number of ether oxygens (including phenoxy) is 1. The highest BCUT2D eigenvalue weighted by Crippen LogP contribution is 2.33. The average Bonchev–Trinajstić information content (AvgIpc) is 3.32. The number of methoxy groups -OCH3 is 1. The number of rotatable bonds is 4. The number of aryl methyl sites for hydroxylation is 1. The molecule has 0 unspecified atom stereocenters. The molecular weight excluding hydrogens is 348 g/mol. The molecule has 2 aromatic heterocycles. The molecule has 2 aromatic carbocycles. The number of nitrogens with zero attached hydrogens (tertiary/aromatic N) is 2. The van der Waals surface area contributed by atoms with Gasteiger partial charge in [0.15, 0.2) is 0 Å². The van der Waals surface area contributed by atoms with Crippen molar-refractivity contribution in [1.29, 1.82) is 0 Å². The molecule has 0 aliphatic rings. The molecule has 4 aromatic rings. The van der Waals surface area contributed by atoms with Crippen LogP contribution in [0.3, 0.4) is 0 Å². The predicted molar refractivity (Wildman–Crippen MR) is 105 cm³/mol. The molecule has 0 spiro atoms. The summed E-state index contributed by atoms with van der Waals surface area (Å²) < 4.78 is 5.21. The van der Waals surface area contributed by atoms with Crippen molar-refractivity contribution >= 4 is 22.7 Å². The van der Waals surface area contributed by atoms with Crippen molar-refractivity contribution in [2.24, 2.45) is 0 Å². The summed E-state index contributed by atoms with van der Waals surface area (Å²) in [7, 11) is 1.67. The van der Waals surface area contributed by atoms with Gasteiger partial charge in [0.25, 0.3) is 0 Å². The van der Waals surface area contributed by atoms with E-state index in [9.17, 15) is 0 Å². The van der Waals surface area contributed by atoms with E-state index < -0.39 is 0 Å². The topological polar surface area (TPSA) is 35.0 Å². The summed E-state index contributed by atoms with van der Waals surface area (Å²) in [5.41, 5.74) is 5.41. The van der Waals surface area contributed by atoms with Crippen LogP contribution in [0, 0.1) is 6.92 Å². The lowest BCUT2D eigenvalue weighted by Crippen LogP contribution is -1.83. The molecule has 0 N–H and O–H groups in total. The Kier molecular flexibility index (Phi) is 4.34. The van der Waals surface area contributed by atoms with Gasteiger partial charge < -0.3 is 4.74 Å². The largest absolute Gasteiger partial charge is 0.497 e. The molecule has 0 bridgehead atoms. The lowest BCUT2D eigenvalue weighted by atomic mass is 10.1. The van der Waals surface area contributed by atoms with Crippen molar-refractivity contribution < 1.29 is 4.74 Å². The summed E-state index contributed by atoms with van der Waals surface area (Å²) in [4.78, 5) is 9.51. The summed E-state index contributed by atoms with van der Waals surface area (Å²) in [6.07, 6.45) is 0. The van der Waals surface area contributed by atoms with E-state index in [1.807, 2.05) is 24.3 Å². The molecule has 0 aliphatic carbocycles. The Hall–Kier alpha value is -2.50. The highest BCUT2D eigenvalue weighted by atomic mass is 32.1. The van der Waals surface area contributed by atoms with Gasteiger partial charge in [0.05, 0.1) is 12.8 Å². The minimum atomic E-state index is 0.850. The third-order valence-electron chi connectivity index (χ3n) is 3.91. The Bertz CT molecular complexity index is 985. The van der Waals surface area contributed by atoms with Crippen molar-refractivity contribution in [3.8, 4) is 38.3 Å². The maximum absolute atomic E-state index is 5.21. The summed E-state index contributed by atoms with van der Waals surface area (Å²) in [5.74, 6) is 0.850. The van der Waals surface area contributed by atoms with Crippen molar-refractivity contribution in [3.63, 3.8) is 0 Å². The standard InChI is InChI=1S/C20H16N2OS2/c1-13-3-5-14(6-4-13)17-11-25-20(21-17)18-12-24-19(22-18)15-7-9-16(23-2)10-8-15/h3-12H,1-2H3. The third kappa shape index (κ3) is 3.34. The number of aromatic nitrogens is 2. The van der Waals surface area contributed by atoms with Crippen LogP contribution in [-0.4, -0.2) is 17.1 Å². The van der Waals surface area contributed by atoms with Crippen LogP contribution in [-0.2, 0) is 0 Å². The van der Waals surface area contributed by atoms with Crippen molar-refractivity contribution in [1.82, 2.24) is 9.97 Å². The van der Waals surface area contributed by atoms with Crippen molar-refractivity contribution in [3.05, 3.63) is 64.9 Å². The van der Waals surface area contributed by atoms with Crippen LogP contribution < -0.4 is 4.74 Å². The number of hydrogen-bond acceptors (Lipinski definition) is 5. The van der Waals surface area contributed by atoms with Crippen LogP contribution in [0.4, 0.5) is 0 Å². The van der Waals surface area contributed by atoms with Gasteiger partial charge in [-0.3, -0.25) is 0 Å². The van der Waals surface area contributed by atoms with E-state index in [1.54, 1.807) is 29.8 Å². The maximum Gasteiger partial charge on any atom is 0.143 e. The van der Waals surface area contributed by atoms with Crippen molar-refractivity contribution in [2.45, 2.75) is 6.92 Å². The van der Waals surface area contributed by atoms with Gasteiger partial charge in [0.1, 0.15) is 21.5 Å². The Morgan fingerprint density at radius 1 is 0.720 bits per heavy atom. The second kappa shape index (κ2) is 6.78. The highest BCUT2D eigenvalue weighted by Gasteiger charge is 2.11. The first-order valence-corrected chi connectivity index (χ1v) is 9.62. The minimum absolute atomic E-state index is 0.850. The zero-order chi connectivity index (χ0) is 17.2. The van der Waals surface area contributed by atoms with Crippen LogP contribution >= 0.6 is 22.7 Å². The van der Waals surface area contributed by atoms with Gasteiger partial charge in [-0.2, -0.15) is 0 Å². The predicted octanol–water partition coefficient (Wildman–Crippen LogP) is 5.92. The SMILES string of the molecule is COc1ccc(-c2nc(-c3nc(-c4ccc(C)cc4)cs3)cs2)cc1. The summed E-state index contributed by atoms with van der Waals surface area (Å²) >= 11 is 3.26. The van der Waals surface area contributed by atoms with Crippen molar-refractivity contribution in [2.75, 3.05) is 7.11 Å². The third-order valence-corrected chi connectivity index (χ3v) is 5.67. The van der Waals surface area contributed by atoms with E-state index in [0.29, 0.717) is 0 Å². The number of thiazole rings is 2. The summed E-state index contributed by atoms with van der Waals surface area (Å²) in [5, 5.41) is 6.10. The zero-order valence-corrected chi connectivity index (χ0v) is 15.5. The van der Waals surface area contributed by atoms with Gasteiger partial charge in [-0.15, -0.1) is 22.7 Å². The molecule has 5 heteroatoms. The minimum Gasteiger partial charge on any atom is -0.497 e. The summed E-state index contributed by atoms with van der Waals surface area (Å²) in [6, 6.07) is 16.4. The molecule has 0 saturated carbocycles. The molecule has 124 valence electrons. The molecule has 0 amide bonds. The van der Waals surface area contributed by atoms with Crippen LogP contribution in [0.2, 0.25) is 0 Å². The van der Waals surface area contributed by atoms with Gasteiger partial charge in [-0.25, -0.2) is 9.97 Å². The first-order valence-electron chi connectivity index (χ1n) is 7.86. The van der Waals surface area contributed by atoms with Crippen LogP contribution in [0.1, 0.15) is 5.56 Å². The Balaban J connectivity index is 1.60. The molecule has 0 atom stereocenters. The van der Waals surface area contributed by atoms with Gasteiger partial charge in [-0.05, 0) is 31.2 Å². The second-order valence-corrected chi connectivity index (χ2v) is 7.39. The van der Waals surface area contributed by atoms with E-state index >= 15 is 0 Å². The molecule has 2 heterocycles. The average molecular weight is 364 g/mol. The fourth-order valence-electron chi connectivity index (χ4n) is 2.49. The monoisotopic (exact) mass is 364 g/mol. The zero-order valence-electron chi connectivity index (χ0n) is 13.9. The van der Waals surface area contributed by atoms with E-state index in [4.69, 9.17) is 14.7 Å². The van der Waals surface area contributed by atoms with E-state index in [2.05, 4.69) is 41.9 Å². The molecule has 25 heavy (non-hydrogen) atoms. The van der Waals surface area contributed by atoms with Crippen LogP contribution in [0.15, 0.2) is 59.3 Å². The second-order valence-electron chi connectivity index (χ2n) is 5.67. The van der Waals surface area contributed by atoms with Gasteiger partial charge in [0.2, 0.25) is 0 Å². The maximum atomic E-state index is 5.21. The quantitative estimate of drug-likeness (QED) is 0.451.